The van der Waals surface area contributed by atoms with Crippen molar-refractivity contribution in [1.82, 2.24) is 10.3 Å². The molecule has 6 nitrogen and oxygen atoms in total. The van der Waals surface area contributed by atoms with Crippen molar-refractivity contribution in [3.05, 3.63) is 46.9 Å². The second kappa shape index (κ2) is 7.25. The van der Waals surface area contributed by atoms with Crippen LogP contribution < -0.4 is 10.6 Å². The normalized spacial score (nSPS) is 11.9. The van der Waals surface area contributed by atoms with Crippen LogP contribution in [0.15, 0.2) is 22.6 Å². The van der Waals surface area contributed by atoms with Gasteiger partial charge in [-0.1, -0.05) is 6.92 Å². The van der Waals surface area contributed by atoms with Crippen LogP contribution in [0.1, 0.15) is 41.6 Å². The van der Waals surface area contributed by atoms with Crippen molar-refractivity contribution in [2.24, 2.45) is 0 Å². The number of nitrogens with zero attached hydrogens (tertiary/aromatic N) is 1. The molecule has 0 aliphatic carbocycles. The molecule has 1 heterocycles. The summed E-state index contributed by atoms with van der Waals surface area (Å²) in [5.41, 5.74) is 1.57. The molecule has 1 unspecified atom stereocenters. The quantitative estimate of drug-likeness (QED) is 0.881. The maximum absolute atomic E-state index is 13.1. The highest BCUT2D eigenvalue weighted by Gasteiger charge is 2.22. The van der Waals surface area contributed by atoms with Gasteiger partial charge in [0.15, 0.2) is 5.89 Å². The minimum Gasteiger partial charge on any atom is -0.435 e. The zero-order valence-corrected chi connectivity index (χ0v) is 14.1. The molecule has 0 bridgehead atoms. The van der Waals surface area contributed by atoms with E-state index in [0.717, 1.165) is 0 Å². The summed E-state index contributed by atoms with van der Waals surface area (Å²) in [5.74, 6) is -0.718. The molecule has 0 saturated carbocycles. The highest BCUT2D eigenvalue weighted by Crippen LogP contribution is 2.16. The van der Waals surface area contributed by atoms with Crippen LogP contribution in [0.25, 0.3) is 0 Å². The van der Waals surface area contributed by atoms with Gasteiger partial charge in [-0.15, -0.1) is 0 Å². The number of hydrogen-bond donors (Lipinski definition) is 2. The van der Waals surface area contributed by atoms with E-state index in [1.807, 2.05) is 6.92 Å². The van der Waals surface area contributed by atoms with Gasteiger partial charge < -0.3 is 15.1 Å². The summed E-state index contributed by atoms with van der Waals surface area (Å²) in [6.45, 7) is 6.78. The number of carbonyl (C=O) groups is 2. The van der Waals surface area contributed by atoms with Gasteiger partial charge in [-0.05, 0) is 44.5 Å². The van der Waals surface area contributed by atoms with Crippen LogP contribution in [0.4, 0.5) is 10.1 Å². The van der Waals surface area contributed by atoms with Crippen LogP contribution in [0.3, 0.4) is 0 Å². The van der Waals surface area contributed by atoms with Crippen LogP contribution in [0.5, 0.6) is 0 Å². The molecule has 24 heavy (non-hydrogen) atoms. The van der Waals surface area contributed by atoms with Crippen molar-refractivity contribution in [3.63, 3.8) is 0 Å². The number of hydrogen-bond acceptors (Lipinski definition) is 4. The Kier molecular flexibility index (Phi) is 5.33. The Balaban J connectivity index is 2.02. The van der Waals surface area contributed by atoms with E-state index < -0.39 is 17.9 Å². The molecule has 2 N–H and O–H groups in total. The van der Waals surface area contributed by atoms with Crippen molar-refractivity contribution in [1.29, 1.82) is 0 Å². The maximum atomic E-state index is 13.1. The molecular weight excluding hydrogens is 313 g/mol. The maximum Gasteiger partial charge on any atom is 0.289 e. The first kappa shape index (κ1) is 17.7. The lowest BCUT2D eigenvalue weighted by Crippen LogP contribution is -2.41. The molecular formula is C17H20FN3O3. The number of halogens is 1. The van der Waals surface area contributed by atoms with E-state index >= 15 is 0 Å². The first-order chi connectivity index (χ1) is 11.3. The van der Waals surface area contributed by atoms with Gasteiger partial charge in [0.05, 0.1) is 5.69 Å². The average Bonchev–Trinajstić information content (AvgIpc) is 2.91. The molecule has 7 heteroatoms. The number of benzene rings is 1. The van der Waals surface area contributed by atoms with Gasteiger partial charge in [0, 0.05) is 12.1 Å². The van der Waals surface area contributed by atoms with Crippen molar-refractivity contribution < 1.29 is 18.4 Å². The molecule has 1 atom stereocenters. The number of amides is 2. The summed E-state index contributed by atoms with van der Waals surface area (Å²) in [6, 6.07) is 3.26. The third-order valence-electron chi connectivity index (χ3n) is 3.54. The molecule has 2 aromatic rings. The van der Waals surface area contributed by atoms with Crippen LogP contribution in [0.2, 0.25) is 0 Å². The second-order valence-electron chi connectivity index (χ2n) is 5.52. The zero-order valence-electron chi connectivity index (χ0n) is 14.1. The number of nitrogens with one attached hydrogen (secondary N) is 2. The van der Waals surface area contributed by atoms with Crippen molar-refractivity contribution in [2.75, 3.05) is 5.32 Å². The van der Waals surface area contributed by atoms with Crippen molar-refractivity contribution >= 4 is 17.5 Å². The van der Waals surface area contributed by atoms with Crippen molar-refractivity contribution in [3.8, 4) is 0 Å². The zero-order chi connectivity index (χ0) is 17.9. The molecule has 128 valence electrons. The lowest BCUT2D eigenvalue weighted by atomic mass is 10.2. The Hall–Kier alpha value is -2.70. The Morgan fingerprint density at radius 1 is 1.33 bits per heavy atom. The Bertz CT molecular complexity index is 770. The largest absolute Gasteiger partial charge is 0.435 e. The third kappa shape index (κ3) is 3.98. The molecule has 0 radical (unpaired) electrons. The predicted molar refractivity (Wildman–Crippen MR) is 87.3 cm³/mol. The third-order valence-corrected chi connectivity index (χ3v) is 3.54. The molecule has 1 aromatic carbocycles. The lowest BCUT2D eigenvalue weighted by molar-refractivity contribution is -0.117. The number of oxazole rings is 1. The van der Waals surface area contributed by atoms with E-state index in [2.05, 4.69) is 15.6 Å². The summed E-state index contributed by atoms with van der Waals surface area (Å²) in [5, 5.41) is 5.22. The van der Waals surface area contributed by atoms with Gasteiger partial charge in [-0.2, -0.15) is 0 Å². The summed E-state index contributed by atoms with van der Waals surface area (Å²) >= 11 is 0. The molecule has 0 fully saturated rings. The van der Waals surface area contributed by atoms with Gasteiger partial charge in [-0.25, -0.2) is 9.37 Å². The fraction of sp³-hybridized carbons (Fsp3) is 0.353. The van der Waals surface area contributed by atoms with E-state index in [1.165, 1.54) is 18.2 Å². The molecule has 0 aliphatic heterocycles. The summed E-state index contributed by atoms with van der Waals surface area (Å²) in [7, 11) is 0. The van der Waals surface area contributed by atoms with E-state index in [-0.39, 0.29) is 11.6 Å². The first-order valence-electron chi connectivity index (χ1n) is 7.66. The van der Waals surface area contributed by atoms with Crippen LogP contribution in [-0.4, -0.2) is 22.8 Å². The van der Waals surface area contributed by atoms with E-state index in [9.17, 15) is 14.0 Å². The second-order valence-corrected chi connectivity index (χ2v) is 5.52. The lowest BCUT2D eigenvalue weighted by Gasteiger charge is -2.14. The molecule has 0 aliphatic rings. The van der Waals surface area contributed by atoms with E-state index in [4.69, 9.17) is 4.42 Å². The van der Waals surface area contributed by atoms with Crippen molar-refractivity contribution in [2.45, 2.75) is 40.2 Å². The fourth-order valence-electron chi connectivity index (χ4n) is 2.15. The number of anilines is 1. The van der Waals surface area contributed by atoms with E-state index in [1.54, 1.807) is 20.8 Å². The molecule has 0 saturated heterocycles. The Morgan fingerprint density at radius 3 is 2.62 bits per heavy atom. The van der Waals surface area contributed by atoms with E-state index in [0.29, 0.717) is 29.3 Å². The average molecular weight is 333 g/mol. The van der Waals surface area contributed by atoms with Crippen LogP contribution in [-0.2, 0) is 11.2 Å². The minimum absolute atomic E-state index is 0.101. The summed E-state index contributed by atoms with van der Waals surface area (Å²) < 4.78 is 18.4. The molecule has 1 aromatic heterocycles. The number of aromatic nitrogens is 1. The van der Waals surface area contributed by atoms with Gasteiger partial charge in [0.2, 0.25) is 11.7 Å². The van der Waals surface area contributed by atoms with Gasteiger partial charge in [0.25, 0.3) is 5.91 Å². The fourth-order valence-corrected chi connectivity index (χ4v) is 2.15. The van der Waals surface area contributed by atoms with Gasteiger partial charge >= 0.3 is 0 Å². The topological polar surface area (TPSA) is 84.2 Å². The number of aryl methyl sites for hydroxylation is 3. The van der Waals surface area contributed by atoms with Gasteiger partial charge in [0.1, 0.15) is 11.9 Å². The SMILES string of the molecule is CCc1nc(C)c(C(=O)NC(C)C(=O)Nc2ccc(F)cc2C)o1. The summed E-state index contributed by atoms with van der Waals surface area (Å²) in [4.78, 5) is 28.5. The van der Waals surface area contributed by atoms with Crippen LogP contribution in [0, 0.1) is 19.7 Å². The number of carbonyl (C=O) groups excluding carboxylic acids is 2. The molecule has 0 spiro atoms. The molecule has 2 rings (SSSR count). The van der Waals surface area contributed by atoms with Gasteiger partial charge in [-0.3, -0.25) is 9.59 Å². The van der Waals surface area contributed by atoms with Crippen LogP contribution >= 0.6 is 0 Å². The Labute approximate surface area is 139 Å². The smallest absolute Gasteiger partial charge is 0.289 e. The predicted octanol–water partition coefficient (Wildman–Crippen LogP) is 2.75. The highest BCUT2D eigenvalue weighted by atomic mass is 19.1. The highest BCUT2D eigenvalue weighted by molar-refractivity contribution is 6.00. The minimum atomic E-state index is -0.795. The summed E-state index contributed by atoms with van der Waals surface area (Å²) in [6.07, 6.45) is 0.577. The Morgan fingerprint density at radius 2 is 2.04 bits per heavy atom. The monoisotopic (exact) mass is 333 g/mol. The molecule has 2 amide bonds. The first-order valence-corrected chi connectivity index (χ1v) is 7.66. The standard InChI is InChI=1S/C17H20FN3O3/c1-5-14-19-10(3)15(24-14)17(23)20-11(4)16(22)21-13-7-6-12(18)8-9(13)2/h6-8,11H,5H2,1-4H3,(H,20,23)(H,21,22). The number of rotatable bonds is 5.